The molecule has 0 fully saturated rings. The summed E-state index contributed by atoms with van der Waals surface area (Å²) >= 11 is 0. The van der Waals surface area contributed by atoms with Gasteiger partial charge in [-0.2, -0.15) is 0 Å². The van der Waals surface area contributed by atoms with E-state index in [-0.39, 0.29) is 0 Å². The Morgan fingerprint density at radius 2 is 1.26 bits per heavy atom. The van der Waals surface area contributed by atoms with Gasteiger partial charge >= 0.3 is 0 Å². The highest BCUT2D eigenvalue weighted by Gasteiger charge is 2.16. The Bertz CT molecular complexity index is 1300. The fourth-order valence-corrected chi connectivity index (χ4v) is 4.18. The summed E-state index contributed by atoms with van der Waals surface area (Å²) in [6, 6.07) is 18.7. The molecule has 152 valence electrons. The van der Waals surface area contributed by atoms with Gasteiger partial charge in [-0.15, -0.1) is 0 Å². The summed E-state index contributed by atoms with van der Waals surface area (Å²) in [4.78, 5) is 13.6. The van der Waals surface area contributed by atoms with Crippen molar-refractivity contribution in [3.05, 3.63) is 100 Å². The summed E-state index contributed by atoms with van der Waals surface area (Å²) in [6.07, 6.45) is 1.83. The van der Waals surface area contributed by atoms with Gasteiger partial charge in [0.25, 0.3) is 0 Å². The molecule has 0 radical (unpaired) electrons. The molecule has 1 aromatic heterocycles. The summed E-state index contributed by atoms with van der Waals surface area (Å²) in [6.45, 7) is 17.8. The second-order valence-corrected chi connectivity index (χ2v) is 8.27. The molecule has 0 bridgehead atoms. The smallest absolute Gasteiger partial charge is 0.190 e. The molecule has 0 amide bonds. The second-order valence-electron chi connectivity index (χ2n) is 8.27. The molecular weight excluding hydrogens is 378 g/mol. The van der Waals surface area contributed by atoms with Crippen LogP contribution >= 0.6 is 0 Å². The van der Waals surface area contributed by atoms with Gasteiger partial charge in [-0.25, -0.2) is 9.83 Å². The lowest BCUT2D eigenvalue weighted by Gasteiger charge is -2.14. The first-order valence-corrected chi connectivity index (χ1v) is 10.4. The van der Waals surface area contributed by atoms with Gasteiger partial charge in [0, 0.05) is 11.1 Å². The van der Waals surface area contributed by atoms with E-state index >= 15 is 0 Å². The minimum Gasteiger partial charge on any atom is -0.252 e. The van der Waals surface area contributed by atoms with Crippen LogP contribution in [0.25, 0.3) is 38.6 Å². The predicted molar refractivity (Wildman–Crippen MR) is 128 cm³/mol. The zero-order chi connectivity index (χ0) is 22.1. The van der Waals surface area contributed by atoms with Crippen molar-refractivity contribution in [3.8, 4) is 33.8 Å². The quantitative estimate of drug-likeness (QED) is 0.330. The maximum Gasteiger partial charge on any atom is 0.190 e. The van der Waals surface area contributed by atoms with Crippen LogP contribution in [-0.2, 0) is 0 Å². The third-order valence-electron chi connectivity index (χ3n) is 5.46. The van der Waals surface area contributed by atoms with Gasteiger partial charge in [-0.3, -0.25) is 4.98 Å². The molecule has 31 heavy (non-hydrogen) atoms. The molecule has 0 spiro atoms. The van der Waals surface area contributed by atoms with E-state index in [2.05, 4.69) is 68.9 Å². The van der Waals surface area contributed by atoms with Crippen LogP contribution in [0.3, 0.4) is 0 Å². The normalized spacial score (nSPS) is 10.7. The molecule has 4 rings (SSSR count). The molecule has 3 aromatic carbocycles. The van der Waals surface area contributed by atoms with Crippen LogP contribution in [0.5, 0.6) is 0 Å². The number of rotatable bonds is 3. The van der Waals surface area contributed by atoms with Crippen molar-refractivity contribution in [3.63, 3.8) is 0 Å². The molecule has 1 heterocycles. The number of aromatic nitrogens is 2. The minimum atomic E-state index is 0.644. The Morgan fingerprint density at radius 3 is 1.81 bits per heavy atom. The molecule has 3 heteroatoms. The molecule has 0 saturated heterocycles. The lowest BCUT2D eigenvalue weighted by molar-refractivity contribution is 1.20. The number of hydrogen-bond acceptors (Lipinski definition) is 2. The summed E-state index contributed by atoms with van der Waals surface area (Å²) in [7, 11) is 0. The van der Waals surface area contributed by atoms with Crippen LogP contribution < -0.4 is 0 Å². The first-order valence-electron chi connectivity index (χ1n) is 10.4. The van der Waals surface area contributed by atoms with E-state index in [0.29, 0.717) is 5.69 Å². The van der Waals surface area contributed by atoms with E-state index in [9.17, 15) is 0 Å². The van der Waals surface area contributed by atoms with Crippen molar-refractivity contribution in [2.24, 2.45) is 0 Å². The molecule has 0 saturated carbocycles. The van der Waals surface area contributed by atoms with Crippen molar-refractivity contribution in [2.45, 2.75) is 34.6 Å². The molecule has 4 aromatic rings. The Kier molecular flexibility index (Phi) is 5.40. The third kappa shape index (κ3) is 4.11. The van der Waals surface area contributed by atoms with E-state index in [4.69, 9.17) is 16.5 Å². The Balaban J connectivity index is 2.00. The average molecular weight is 404 g/mol. The number of aryl methyl sites for hydroxylation is 4. The third-order valence-corrected chi connectivity index (χ3v) is 5.46. The summed E-state index contributed by atoms with van der Waals surface area (Å²) in [5, 5.41) is 0. The maximum absolute atomic E-state index is 7.44. The Morgan fingerprint density at radius 1 is 0.710 bits per heavy atom. The first-order chi connectivity index (χ1) is 14.9. The largest absolute Gasteiger partial charge is 0.252 e. The molecule has 3 nitrogen and oxygen atoms in total. The van der Waals surface area contributed by atoms with Gasteiger partial charge in [-0.1, -0.05) is 52.6 Å². The molecule has 0 aliphatic carbocycles. The Labute approximate surface area is 184 Å². The van der Waals surface area contributed by atoms with Gasteiger partial charge in [-0.05, 0) is 70.0 Å². The van der Waals surface area contributed by atoms with Crippen molar-refractivity contribution in [2.75, 3.05) is 0 Å². The lowest BCUT2D eigenvalue weighted by Crippen LogP contribution is -1.98. The van der Waals surface area contributed by atoms with Gasteiger partial charge in [0.05, 0.1) is 29.9 Å². The van der Waals surface area contributed by atoms with Crippen molar-refractivity contribution in [1.29, 1.82) is 0 Å². The number of benzene rings is 3. The predicted octanol–water partition coefficient (Wildman–Crippen LogP) is 7.57. The minimum absolute atomic E-state index is 0.644. The maximum atomic E-state index is 7.44. The molecule has 0 unspecified atom stereocenters. The number of hydrogen-bond donors (Lipinski definition) is 0. The summed E-state index contributed by atoms with van der Waals surface area (Å²) < 4.78 is 0. The molecule has 0 aliphatic heterocycles. The van der Waals surface area contributed by atoms with E-state index in [1.54, 1.807) is 0 Å². The molecule has 0 N–H and O–H groups in total. The highest BCUT2D eigenvalue weighted by atomic mass is 14.8. The highest BCUT2D eigenvalue weighted by molar-refractivity contribution is 5.81. The van der Waals surface area contributed by atoms with Crippen LogP contribution in [-0.4, -0.2) is 9.97 Å². The second kappa shape index (κ2) is 8.16. The van der Waals surface area contributed by atoms with E-state index in [1.165, 1.54) is 22.3 Å². The molecule has 0 aliphatic rings. The van der Waals surface area contributed by atoms with Gasteiger partial charge < -0.3 is 0 Å². The fourth-order valence-electron chi connectivity index (χ4n) is 4.18. The monoisotopic (exact) mass is 403 g/mol. The SMILES string of the molecule is [C-]#[N+]c1cccc(-c2cnc(-c3cc(C)cc(C)c3)c(-c3cc(C)cc(C)c3)n2)c1C. The van der Waals surface area contributed by atoms with Gasteiger partial charge in [0.15, 0.2) is 5.69 Å². The summed E-state index contributed by atoms with van der Waals surface area (Å²) in [5.74, 6) is 0. The zero-order valence-corrected chi connectivity index (χ0v) is 18.6. The van der Waals surface area contributed by atoms with Crippen LogP contribution in [0.2, 0.25) is 0 Å². The van der Waals surface area contributed by atoms with Gasteiger partial charge in [0.1, 0.15) is 0 Å². The lowest BCUT2D eigenvalue weighted by atomic mass is 9.97. The first kappa shape index (κ1) is 20.5. The van der Waals surface area contributed by atoms with E-state index < -0.39 is 0 Å². The standard InChI is InChI=1S/C28H25N3/c1-17-10-18(2)13-22(12-17)27-28(23-14-19(3)11-20(4)15-23)31-26(16-30-27)24-8-7-9-25(29-6)21(24)5/h7-16H,1-5H3. The molecule has 0 atom stereocenters. The van der Waals surface area contributed by atoms with Crippen LogP contribution in [0.1, 0.15) is 27.8 Å². The average Bonchev–Trinajstić information content (AvgIpc) is 2.72. The summed E-state index contributed by atoms with van der Waals surface area (Å²) in [5.41, 5.74) is 11.9. The Hall–Kier alpha value is -3.77. The van der Waals surface area contributed by atoms with Crippen LogP contribution in [0.4, 0.5) is 5.69 Å². The van der Waals surface area contributed by atoms with Gasteiger partial charge in [0.2, 0.25) is 0 Å². The highest BCUT2D eigenvalue weighted by Crippen LogP contribution is 2.35. The topological polar surface area (TPSA) is 30.1 Å². The van der Waals surface area contributed by atoms with E-state index in [0.717, 1.165) is 39.3 Å². The van der Waals surface area contributed by atoms with Crippen LogP contribution in [0, 0.1) is 41.2 Å². The zero-order valence-electron chi connectivity index (χ0n) is 18.6. The number of nitrogens with zero attached hydrogens (tertiary/aromatic N) is 3. The van der Waals surface area contributed by atoms with Crippen molar-refractivity contribution in [1.82, 2.24) is 9.97 Å². The molecular formula is C28H25N3. The van der Waals surface area contributed by atoms with E-state index in [1.807, 2.05) is 31.3 Å². The van der Waals surface area contributed by atoms with Crippen LogP contribution in [0.15, 0.2) is 60.8 Å². The van der Waals surface area contributed by atoms with Crippen molar-refractivity contribution >= 4 is 5.69 Å². The van der Waals surface area contributed by atoms with Crippen molar-refractivity contribution < 1.29 is 0 Å². The fraction of sp³-hybridized carbons (Fsp3) is 0.179.